The van der Waals surface area contributed by atoms with Crippen LogP contribution in [0, 0.1) is 0 Å². The lowest BCUT2D eigenvalue weighted by Gasteiger charge is -2.36. The average molecular weight is 263 g/mol. The van der Waals surface area contributed by atoms with Crippen LogP contribution >= 0.6 is 0 Å². The quantitative estimate of drug-likeness (QED) is 0.689. The number of nitrogens with zero attached hydrogens (tertiary/aromatic N) is 2. The number of rotatable bonds is 6. The normalized spacial score (nSPS) is 20.0. The Labute approximate surface area is 105 Å². The fourth-order valence-electron chi connectivity index (χ4n) is 2.06. The van der Waals surface area contributed by atoms with E-state index in [0.29, 0.717) is 32.1 Å². The Bertz CT molecular complexity index is 309. The number of hydrogen-bond donors (Lipinski definition) is 1. The van der Waals surface area contributed by atoms with Crippen LogP contribution in [-0.4, -0.2) is 62.1 Å². The summed E-state index contributed by atoms with van der Waals surface area (Å²) in [7, 11) is -3.05. The third-order valence-electron chi connectivity index (χ3n) is 3.25. The number of hydrogen-bond acceptors (Lipinski definition) is 4. The molecule has 2 N–H and O–H groups in total. The van der Waals surface area contributed by atoms with Gasteiger partial charge in [0.1, 0.15) is 0 Å². The van der Waals surface area contributed by atoms with E-state index in [4.69, 9.17) is 5.73 Å². The minimum absolute atomic E-state index is 0.242. The van der Waals surface area contributed by atoms with Crippen LogP contribution in [0.4, 0.5) is 0 Å². The van der Waals surface area contributed by atoms with E-state index in [-0.39, 0.29) is 5.75 Å². The molecule has 1 aliphatic rings. The Hall–Kier alpha value is -0.170. The van der Waals surface area contributed by atoms with Gasteiger partial charge in [-0.1, -0.05) is 0 Å². The van der Waals surface area contributed by atoms with Crippen molar-refractivity contribution in [2.45, 2.75) is 32.7 Å². The van der Waals surface area contributed by atoms with Gasteiger partial charge in [-0.15, -0.1) is 0 Å². The highest BCUT2D eigenvalue weighted by atomic mass is 32.2. The first-order valence-corrected chi connectivity index (χ1v) is 8.00. The zero-order chi connectivity index (χ0) is 12.9. The SMILES string of the molecule is CC(C)N1CCN(S(=O)(=O)CCCCN)CC1. The van der Waals surface area contributed by atoms with E-state index in [9.17, 15) is 8.42 Å². The van der Waals surface area contributed by atoms with Gasteiger partial charge in [0.2, 0.25) is 10.0 Å². The van der Waals surface area contributed by atoms with Gasteiger partial charge in [-0.3, -0.25) is 4.90 Å². The molecule has 0 radical (unpaired) electrons. The summed E-state index contributed by atoms with van der Waals surface area (Å²) in [4.78, 5) is 2.31. The van der Waals surface area contributed by atoms with Crippen LogP contribution in [0.25, 0.3) is 0 Å². The van der Waals surface area contributed by atoms with Crippen molar-refractivity contribution in [3.63, 3.8) is 0 Å². The maximum Gasteiger partial charge on any atom is 0.214 e. The zero-order valence-electron chi connectivity index (χ0n) is 10.9. The van der Waals surface area contributed by atoms with Crippen molar-refractivity contribution >= 4 is 10.0 Å². The van der Waals surface area contributed by atoms with Crippen LogP contribution in [0.15, 0.2) is 0 Å². The first-order valence-electron chi connectivity index (χ1n) is 6.39. The standard InChI is InChI=1S/C11H25N3O2S/c1-11(2)13-6-8-14(9-7-13)17(15,16)10-4-3-5-12/h11H,3-10,12H2,1-2H3. The van der Waals surface area contributed by atoms with Gasteiger partial charge < -0.3 is 5.73 Å². The van der Waals surface area contributed by atoms with Crippen molar-refractivity contribution in [3.8, 4) is 0 Å². The van der Waals surface area contributed by atoms with Crippen LogP contribution in [-0.2, 0) is 10.0 Å². The Morgan fingerprint density at radius 1 is 1.12 bits per heavy atom. The number of unbranched alkanes of at least 4 members (excludes halogenated alkanes) is 1. The predicted octanol–water partition coefficient (Wildman–Crippen LogP) is 0.0811. The number of nitrogens with two attached hydrogens (primary N) is 1. The van der Waals surface area contributed by atoms with E-state index >= 15 is 0 Å². The summed E-state index contributed by atoms with van der Waals surface area (Å²) in [6, 6.07) is 0.497. The molecule has 1 fully saturated rings. The van der Waals surface area contributed by atoms with Crippen LogP contribution < -0.4 is 5.73 Å². The largest absolute Gasteiger partial charge is 0.330 e. The minimum Gasteiger partial charge on any atom is -0.330 e. The lowest BCUT2D eigenvalue weighted by molar-refractivity contribution is 0.154. The highest BCUT2D eigenvalue weighted by molar-refractivity contribution is 7.89. The Balaban J connectivity index is 2.41. The Morgan fingerprint density at radius 3 is 2.18 bits per heavy atom. The molecule has 1 saturated heterocycles. The van der Waals surface area contributed by atoms with E-state index in [1.54, 1.807) is 4.31 Å². The van der Waals surface area contributed by atoms with Crippen molar-refractivity contribution in [2.24, 2.45) is 5.73 Å². The molecule has 0 aromatic carbocycles. The molecule has 0 unspecified atom stereocenters. The van der Waals surface area contributed by atoms with Gasteiger partial charge in [-0.2, -0.15) is 4.31 Å². The van der Waals surface area contributed by atoms with Crippen molar-refractivity contribution in [3.05, 3.63) is 0 Å². The first kappa shape index (κ1) is 14.9. The molecule has 0 amide bonds. The molecule has 1 aliphatic heterocycles. The summed E-state index contributed by atoms with van der Waals surface area (Å²) >= 11 is 0. The smallest absolute Gasteiger partial charge is 0.214 e. The molecule has 1 rings (SSSR count). The summed E-state index contributed by atoms with van der Waals surface area (Å²) in [5.41, 5.74) is 5.37. The van der Waals surface area contributed by atoms with Gasteiger partial charge in [0.25, 0.3) is 0 Å². The second-order valence-corrected chi connectivity index (χ2v) is 6.93. The summed E-state index contributed by atoms with van der Waals surface area (Å²) < 4.78 is 25.6. The highest BCUT2D eigenvalue weighted by Crippen LogP contribution is 2.11. The van der Waals surface area contributed by atoms with Gasteiger partial charge in [-0.05, 0) is 33.2 Å². The third-order valence-corrected chi connectivity index (χ3v) is 5.21. The van der Waals surface area contributed by atoms with Crippen molar-refractivity contribution in [1.29, 1.82) is 0 Å². The topological polar surface area (TPSA) is 66.6 Å². The second-order valence-electron chi connectivity index (χ2n) is 4.84. The van der Waals surface area contributed by atoms with E-state index in [2.05, 4.69) is 18.7 Å². The maximum atomic E-state index is 12.0. The number of piperazine rings is 1. The fraction of sp³-hybridized carbons (Fsp3) is 1.00. The van der Waals surface area contributed by atoms with Crippen LogP contribution in [0.1, 0.15) is 26.7 Å². The molecule has 0 bridgehead atoms. The number of sulfonamides is 1. The predicted molar refractivity (Wildman–Crippen MR) is 70.4 cm³/mol. The molecule has 0 aliphatic carbocycles. The monoisotopic (exact) mass is 263 g/mol. The maximum absolute atomic E-state index is 12.0. The van der Waals surface area contributed by atoms with Crippen molar-refractivity contribution < 1.29 is 8.42 Å². The molecular formula is C11H25N3O2S. The molecule has 0 atom stereocenters. The second kappa shape index (κ2) is 6.68. The van der Waals surface area contributed by atoms with Gasteiger partial charge >= 0.3 is 0 Å². The highest BCUT2D eigenvalue weighted by Gasteiger charge is 2.26. The van der Waals surface area contributed by atoms with E-state index in [1.807, 2.05) is 0 Å². The summed E-state index contributed by atoms with van der Waals surface area (Å²) in [6.07, 6.45) is 1.45. The van der Waals surface area contributed by atoms with Gasteiger partial charge in [0, 0.05) is 32.2 Å². The molecule has 0 spiro atoms. The first-order chi connectivity index (χ1) is 7.97. The van der Waals surface area contributed by atoms with Gasteiger partial charge in [0.05, 0.1) is 5.75 Å². The van der Waals surface area contributed by atoms with Gasteiger partial charge in [0.15, 0.2) is 0 Å². The van der Waals surface area contributed by atoms with Crippen LogP contribution in [0.3, 0.4) is 0 Å². The summed E-state index contributed by atoms with van der Waals surface area (Å²) in [5.74, 6) is 0.242. The Morgan fingerprint density at radius 2 is 1.71 bits per heavy atom. The van der Waals surface area contributed by atoms with Gasteiger partial charge in [-0.25, -0.2) is 8.42 Å². The van der Waals surface area contributed by atoms with Crippen LogP contribution in [0.2, 0.25) is 0 Å². The molecule has 0 aromatic heterocycles. The zero-order valence-corrected chi connectivity index (χ0v) is 11.7. The molecule has 0 aromatic rings. The summed E-state index contributed by atoms with van der Waals surface area (Å²) in [5, 5.41) is 0. The Kier molecular flexibility index (Phi) is 5.85. The molecule has 5 nitrogen and oxygen atoms in total. The average Bonchev–Trinajstić information content (AvgIpc) is 2.29. The molecule has 0 saturated carbocycles. The van der Waals surface area contributed by atoms with E-state index in [1.165, 1.54) is 0 Å². The fourth-order valence-corrected chi connectivity index (χ4v) is 3.60. The minimum atomic E-state index is -3.05. The van der Waals surface area contributed by atoms with Crippen molar-refractivity contribution in [2.75, 3.05) is 38.5 Å². The lowest BCUT2D eigenvalue weighted by Crippen LogP contribution is -2.51. The molecule has 102 valence electrons. The molecular weight excluding hydrogens is 238 g/mol. The van der Waals surface area contributed by atoms with Crippen molar-refractivity contribution in [1.82, 2.24) is 9.21 Å². The van der Waals surface area contributed by atoms with E-state index < -0.39 is 10.0 Å². The van der Waals surface area contributed by atoms with Crippen LogP contribution in [0.5, 0.6) is 0 Å². The van der Waals surface area contributed by atoms with E-state index in [0.717, 1.165) is 19.5 Å². The lowest BCUT2D eigenvalue weighted by atomic mass is 10.3. The molecule has 6 heteroatoms. The molecule has 17 heavy (non-hydrogen) atoms. The summed E-state index contributed by atoms with van der Waals surface area (Å²) in [6.45, 7) is 7.79. The molecule has 1 heterocycles. The third kappa shape index (κ3) is 4.54.